The Balaban J connectivity index is 1.35. The van der Waals surface area contributed by atoms with Gasteiger partial charge in [-0.25, -0.2) is 17.6 Å². The Morgan fingerprint density at radius 2 is 1.92 bits per heavy atom. The molecule has 4 N–H and O–H groups in total. The number of nitrogens with zero attached hydrogens (tertiary/aromatic N) is 2. The summed E-state index contributed by atoms with van der Waals surface area (Å²) in [4.78, 5) is 60.1. The number of hydrogen-bond donors (Lipinski definition) is 4. The zero-order chi connectivity index (χ0) is 36.7. The quantitative estimate of drug-likeness (QED) is 0.294. The number of carbonyl (C=O) groups is 4. The molecule has 2 saturated carbocycles. The summed E-state index contributed by atoms with van der Waals surface area (Å²) in [5, 5.41) is 16.3. The fourth-order valence-electron chi connectivity index (χ4n) is 7.38. The molecule has 0 radical (unpaired) electrons. The van der Waals surface area contributed by atoms with E-state index in [-0.39, 0.29) is 49.9 Å². The van der Waals surface area contributed by atoms with Crippen LogP contribution >= 0.6 is 0 Å². The van der Waals surface area contributed by atoms with Crippen molar-refractivity contribution in [1.82, 2.24) is 25.2 Å². The van der Waals surface area contributed by atoms with Crippen LogP contribution in [0.15, 0.2) is 42.5 Å². The average Bonchev–Trinajstić information content (AvgIpc) is 3.99. The van der Waals surface area contributed by atoms with Gasteiger partial charge in [-0.2, -0.15) is 4.98 Å². The van der Waals surface area contributed by atoms with Crippen LogP contribution in [0.2, 0.25) is 0 Å². The van der Waals surface area contributed by atoms with Gasteiger partial charge in [0.15, 0.2) is 0 Å². The van der Waals surface area contributed by atoms with Gasteiger partial charge in [0.25, 0.3) is 5.91 Å². The standard InChI is InChI=1S/C35H44FN5O9S/c1-20-8-4-6-10-23-17-35(23,32(44)40-51(47,48)34(19-36)12-13-34)39-29(42)26-16-24(18-41(26)31(43)28(21(2)14-20)38-33(45)46)50-30-25-11-7-5-9-22(25)15-27(37-30)49-3/h5-7,9-11,15,20-21,23-24,26,28,38H,4,8,12-14,16-19H2,1-3H3,(H,39,42)(H,40,44)(H,45,46)/t20-,21+,23+,24+,26-,28-,35+/m0/s1. The number of ether oxygens (including phenoxy) is 2. The summed E-state index contributed by atoms with van der Waals surface area (Å²) >= 11 is 0. The molecule has 1 aromatic carbocycles. The molecular formula is C35H44FN5O9S. The average molecular weight is 730 g/mol. The topological polar surface area (TPSA) is 193 Å². The van der Waals surface area contributed by atoms with Crippen molar-refractivity contribution in [1.29, 1.82) is 0 Å². The van der Waals surface area contributed by atoms with Gasteiger partial charge < -0.3 is 30.1 Å². The van der Waals surface area contributed by atoms with Crippen molar-refractivity contribution in [2.75, 3.05) is 20.3 Å². The van der Waals surface area contributed by atoms with Crippen molar-refractivity contribution >= 4 is 44.6 Å². The lowest BCUT2D eigenvalue weighted by molar-refractivity contribution is -0.142. The minimum atomic E-state index is -4.38. The molecule has 4 amide bonds. The lowest BCUT2D eigenvalue weighted by atomic mass is 9.88. The predicted molar refractivity (Wildman–Crippen MR) is 183 cm³/mol. The summed E-state index contributed by atoms with van der Waals surface area (Å²) < 4.78 is 52.0. The number of rotatable bonds is 8. The van der Waals surface area contributed by atoms with E-state index in [1.165, 1.54) is 12.0 Å². The van der Waals surface area contributed by atoms with Gasteiger partial charge in [-0.1, -0.05) is 44.2 Å². The highest BCUT2D eigenvalue weighted by Gasteiger charge is 2.64. The van der Waals surface area contributed by atoms with Crippen LogP contribution in [-0.2, 0) is 24.4 Å². The van der Waals surface area contributed by atoms with Crippen molar-refractivity contribution in [2.45, 2.75) is 87.3 Å². The number of fused-ring (bicyclic) bond motifs is 3. The van der Waals surface area contributed by atoms with E-state index in [4.69, 9.17) is 9.47 Å². The fourth-order valence-corrected chi connectivity index (χ4v) is 8.81. The summed E-state index contributed by atoms with van der Waals surface area (Å²) in [6.45, 7) is 2.54. The number of allylic oxidation sites excluding steroid dienone is 1. The minimum absolute atomic E-state index is 0.0448. The molecule has 2 aromatic rings. The molecule has 7 atom stereocenters. The second kappa shape index (κ2) is 13.9. The fraction of sp³-hybridized carbons (Fsp3) is 0.571. The molecule has 276 valence electrons. The Kier molecular flexibility index (Phi) is 9.92. The molecule has 2 aliphatic heterocycles. The SMILES string of the molecule is COc1cc2ccccc2c(O[C@@H]2C[C@H]3C(=O)N[C@]4(C(=O)NS(=O)(=O)C5(CF)CC5)C[C@H]4C=CCC[C@H](C)C[C@@H](C)[C@H](NC(=O)O)C(=O)N3C2)n1. The number of alkyl halides is 1. The Morgan fingerprint density at radius 3 is 2.61 bits per heavy atom. The third kappa shape index (κ3) is 7.19. The molecule has 6 rings (SSSR count). The first-order valence-electron chi connectivity index (χ1n) is 17.2. The number of hydrogen-bond acceptors (Lipinski definition) is 9. The van der Waals surface area contributed by atoms with Crippen molar-refractivity contribution in [3.63, 3.8) is 0 Å². The number of benzene rings is 1. The number of halogens is 1. The molecular weight excluding hydrogens is 685 g/mol. The second-order valence-electron chi connectivity index (χ2n) is 14.4. The number of sulfonamides is 1. The summed E-state index contributed by atoms with van der Waals surface area (Å²) in [6.07, 6.45) is 3.49. The molecule has 3 heterocycles. The smallest absolute Gasteiger partial charge is 0.405 e. The third-order valence-electron chi connectivity index (χ3n) is 10.7. The molecule has 1 aromatic heterocycles. The second-order valence-corrected chi connectivity index (χ2v) is 16.5. The van der Waals surface area contributed by atoms with Gasteiger partial charge in [0.2, 0.25) is 33.6 Å². The van der Waals surface area contributed by atoms with Crippen LogP contribution in [0.4, 0.5) is 9.18 Å². The van der Waals surface area contributed by atoms with E-state index in [9.17, 15) is 37.1 Å². The Bertz CT molecular complexity index is 1850. The summed E-state index contributed by atoms with van der Waals surface area (Å²) in [5.74, 6) is -2.75. The van der Waals surface area contributed by atoms with E-state index in [0.717, 1.165) is 5.39 Å². The molecule has 2 aliphatic carbocycles. The summed E-state index contributed by atoms with van der Waals surface area (Å²) in [5.41, 5.74) is -1.66. The van der Waals surface area contributed by atoms with Crippen molar-refractivity contribution in [3.8, 4) is 11.8 Å². The molecule has 16 heteroatoms. The summed E-state index contributed by atoms with van der Waals surface area (Å²) in [6, 6.07) is 6.65. The van der Waals surface area contributed by atoms with Gasteiger partial charge in [0, 0.05) is 23.8 Å². The molecule has 4 aliphatic rings. The van der Waals surface area contributed by atoms with Crippen LogP contribution in [0, 0.1) is 17.8 Å². The maximum Gasteiger partial charge on any atom is 0.405 e. The first-order valence-corrected chi connectivity index (χ1v) is 18.7. The maximum absolute atomic E-state index is 14.3. The Morgan fingerprint density at radius 1 is 1.18 bits per heavy atom. The Labute approximate surface area is 295 Å². The first kappa shape index (κ1) is 36.3. The van der Waals surface area contributed by atoms with Crippen LogP contribution in [0.3, 0.4) is 0 Å². The predicted octanol–water partition coefficient (Wildman–Crippen LogP) is 3.06. The maximum atomic E-state index is 14.3. The summed E-state index contributed by atoms with van der Waals surface area (Å²) in [7, 11) is -2.92. The van der Waals surface area contributed by atoms with Crippen LogP contribution in [0.25, 0.3) is 10.8 Å². The Hall–Kier alpha value is -4.47. The van der Waals surface area contributed by atoms with Gasteiger partial charge in [-0.3, -0.25) is 19.1 Å². The molecule has 3 fully saturated rings. The number of methoxy groups -OCH3 is 1. The normalized spacial score (nSPS) is 30.5. The minimum Gasteiger partial charge on any atom is -0.481 e. The monoisotopic (exact) mass is 729 g/mol. The molecule has 51 heavy (non-hydrogen) atoms. The van der Waals surface area contributed by atoms with E-state index in [2.05, 4.69) is 20.3 Å². The largest absolute Gasteiger partial charge is 0.481 e. The lowest BCUT2D eigenvalue weighted by Crippen LogP contribution is -2.59. The molecule has 0 bridgehead atoms. The van der Waals surface area contributed by atoms with E-state index >= 15 is 0 Å². The van der Waals surface area contributed by atoms with Gasteiger partial charge in [0.05, 0.1) is 13.7 Å². The van der Waals surface area contributed by atoms with Gasteiger partial charge in [-0.15, -0.1) is 0 Å². The van der Waals surface area contributed by atoms with E-state index < -0.39 is 80.8 Å². The van der Waals surface area contributed by atoms with Gasteiger partial charge in [-0.05, 0) is 61.8 Å². The van der Waals surface area contributed by atoms with E-state index in [1.54, 1.807) is 19.1 Å². The highest BCUT2D eigenvalue weighted by Crippen LogP contribution is 2.48. The number of nitrogens with one attached hydrogen (secondary N) is 3. The number of carbonyl (C=O) groups excluding carboxylic acids is 3. The van der Waals surface area contributed by atoms with Gasteiger partial charge in [0.1, 0.15) is 35.1 Å². The third-order valence-corrected chi connectivity index (χ3v) is 12.8. The zero-order valence-corrected chi connectivity index (χ0v) is 29.6. The van der Waals surface area contributed by atoms with E-state index in [0.29, 0.717) is 24.6 Å². The van der Waals surface area contributed by atoms with Crippen LogP contribution in [0.5, 0.6) is 11.8 Å². The number of pyridine rings is 1. The highest BCUT2D eigenvalue weighted by molar-refractivity contribution is 7.91. The van der Waals surface area contributed by atoms with Crippen LogP contribution in [0.1, 0.15) is 58.8 Å². The van der Waals surface area contributed by atoms with Gasteiger partial charge >= 0.3 is 6.09 Å². The number of carboxylic acid groups (broad SMARTS) is 1. The van der Waals surface area contributed by atoms with E-state index in [1.807, 2.05) is 37.3 Å². The molecule has 14 nitrogen and oxygen atoms in total. The van der Waals surface area contributed by atoms with Crippen LogP contribution in [-0.4, -0.2) is 96.0 Å². The van der Waals surface area contributed by atoms with Crippen molar-refractivity contribution in [3.05, 3.63) is 42.5 Å². The first-order chi connectivity index (χ1) is 24.2. The van der Waals surface area contributed by atoms with Crippen LogP contribution < -0.4 is 24.8 Å². The number of aromatic nitrogens is 1. The molecule has 0 unspecified atom stereocenters. The highest BCUT2D eigenvalue weighted by atomic mass is 32.2. The lowest BCUT2D eigenvalue weighted by Gasteiger charge is -2.32. The molecule has 0 spiro atoms. The number of amides is 4. The van der Waals surface area contributed by atoms with Crippen molar-refractivity contribution in [2.24, 2.45) is 17.8 Å². The zero-order valence-electron chi connectivity index (χ0n) is 28.8. The molecule has 1 saturated heterocycles. The van der Waals surface area contributed by atoms with Crippen molar-refractivity contribution < 1.29 is 46.6 Å².